The van der Waals surface area contributed by atoms with Gasteiger partial charge in [-0.05, 0) is 43.9 Å². The Labute approximate surface area is 157 Å². The highest BCUT2D eigenvalue weighted by molar-refractivity contribution is 7.85. The van der Waals surface area contributed by atoms with Crippen LogP contribution in [0, 0.1) is 5.82 Å². The average Bonchev–Trinajstić information content (AvgIpc) is 2.66. The van der Waals surface area contributed by atoms with Gasteiger partial charge < -0.3 is 15.7 Å². The minimum Gasteiger partial charge on any atom is -0.392 e. The van der Waals surface area contributed by atoms with Crippen LogP contribution in [0.15, 0.2) is 23.2 Å². The van der Waals surface area contributed by atoms with Crippen LogP contribution in [0.2, 0.25) is 0 Å². The Kier molecular flexibility index (Phi) is 8.51. The van der Waals surface area contributed by atoms with Crippen molar-refractivity contribution in [2.75, 3.05) is 12.3 Å². The zero-order valence-corrected chi connectivity index (χ0v) is 16.4. The molecule has 1 aromatic carbocycles. The lowest BCUT2D eigenvalue weighted by Gasteiger charge is -2.30. The number of aliphatic imine (C=N–C) groups is 1. The number of halogens is 1. The average molecular weight is 384 g/mol. The Bertz CT molecular complexity index is 639. The third kappa shape index (κ3) is 6.06. The monoisotopic (exact) mass is 383 g/mol. The van der Waals surface area contributed by atoms with E-state index in [1.807, 2.05) is 13.8 Å². The highest BCUT2D eigenvalue weighted by atomic mass is 32.2. The fourth-order valence-electron chi connectivity index (χ4n) is 3.28. The van der Waals surface area contributed by atoms with E-state index in [9.17, 15) is 13.7 Å². The number of hydrogen-bond acceptors (Lipinski definition) is 3. The van der Waals surface area contributed by atoms with Crippen molar-refractivity contribution >= 4 is 16.8 Å². The van der Waals surface area contributed by atoms with Gasteiger partial charge in [-0.2, -0.15) is 0 Å². The fraction of sp³-hybridized carbons (Fsp3) is 0.632. The van der Waals surface area contributed by atoms with Gasteiger partial charge in [0, 0.05) is 40.0 Å². The zero-order valence-electron chi connectivity index (χ0n) is 15.6. The lowest BCUT2D eigenvalue weighted by Crippen LogP contribution is -2.46. The molecule has 3 unspecified atom stereocenters. The molecule has 146 valence electrons. The Hall–Kier alpha value is -1.47. The second-order valence-corrected chi connectivity index (χ2v) is 8.58. The molecule has 5 nitrogen and oxygen atoms in total. The van der Waals surface area contributed by atoms with E-state index >= 15 is 0 Å². The molecule has 7 heteroatoms. The molecular weight excluding hydrogens is 353 g/mol. The minimum atomic E-state index is -0.752. The van der Waals surface area contributed by atoms with Gasteiger partial charge >= 0.3 is 0 Å². The van der Waals surface area contributed by atoms with Gasteiger partial charge in [-0.15, -0.1) is 0 Å². The summed E-state index contributed by atoms with van der Waals surface area (Å²) in [6.07, 6.45) is 4.06. The molecule has 1 aliphatic rings. The number of benzene rings is 1. The van der Waals surface area contributed by atoms with E-state index < -0.39 is 16.6 Å². The van der Waals surface area contributed by atoms with Crippen molar-refractivity contribution in [1.82, 2.24) is 10.6 Å². The first-order valence-electron chi connectivity index (χ1n) is 9.37. The minimum absolute atomic E-state index is 0.262. The molecule has 1 fully saturated rings. The van der Waals surface area contributed by atoms with E-state index in [1.54, 1.807) is 12.1 Å². The van der Waals surface area contributed by atoms with Crippen LogP contribution in [-0.4, -0.2) is 38.9 Å². The Morgan fingerprint density at radius 2 is 2.19 bits per heavy atom. The molecule has 1 saturated carbocycles. The van der Waals surface area contributed by atoms with E-state index in [0.29, 0.717) is 12.3 Å². The second-order valence-electron chi connectivity index (χ2n) is 6.58. The maximum Gasteiger partial charge on any atom is 0.191 e. The number of rotatable bonds is 7. The summed E-state index contributed by atoms with van der Waals surface area (Å²) in [5, 5.41) is 16.1. The molecule has 0 spiro atoms. The van der Waals surface area contributed by atoms with Crippen LogP contribution in [0.4, 0.5) is 4.39 Å². The van der Waals surface area contributed by atoms with Gasteiger partial charge in [-0.1, -0.05) is 19.4 Å². The first-order chi connectivity index (χ1) is 12.6. The standard InChI is InChI=1S/C19H30FN3O2S/c1-3-21-19(22-12-14-8-9-18(20)15(10-14)13-24)23-16-6-5-7-17(11-16)26(25)4-2/h8-10,16-17,24H,3-7,11-13H2,1-2H3,(H2,21,22,23). The molecular formula is C19H30FN3O2S. The summed E-state index contributed by atoms with van der Waals surface area (Å²) in [5.74, 6) is 1.03. The summed E-state index contributed by atoms with van der Waals surface area (Å²) in [7, 11) is -0.752. The number of hydrogen-bond donors (Lipinski definition) is 3. The van der Waals surface area contributed by atoms with Gasteiger partial charge in [0.25, 0.3) is 0 Å². The van der Waals surface area contributed by atoms with Crippen molar-refractivity contribution in [3.63, 3.8) is 0 Å². The normalized spacial score (nSPS) is 22.1. The Morgan fingerprint density at radius 3 is 2.88 bits per heavy atom. The molecule has 0 bridgehead atoms. The summed E-state index contributed by atoms with van der Waals surface area (Å²) in [5.41, 5.74) is 1.13. The molecule has 0 amide bonds. The summed E-state index contributed by atoms with van der Waals surface area (Å²) in [4.78, 5) is 4.59. The molecule has 0 heterocycles. The molecule has 2 rings (SSSR count). The van der Waals surface area contributed by atoms with Gasteiger partial charge in [-0.25, -0.2) is 9.38 Å². The third-order valence-corrected chi connectivity index (χ3v) is 6.41. The molecule has 0 radical (unpaired) electrons. The summed E-state index contributed by atoms with van der Waals surface area (Å²) < 4.78 is 25.6. The van der Waals surface area contributed by atoms with Crippen molar-refractivity contribution in [2.45, 2.75) is 64.0 Å². The van der Waals surface area contributed by atoms with Gasteiger partial charge in [0.2, 0.25) is 0 Å². The number of aliphatic hydroxyl groups is 1. The van der Waals surface area contributed by atoms with Crippen LogP contribution >= 0.6 is 0 Å². The Morgan fingerprint density at radius 1 is 1.38 bits per heavy atom. The van der Waals surface area contributed by atoms with Crippen LogP contribution in [0.3, 0.4) is 0 Å². The quantitative estimate of drug-likeness (QED) is 0.499. The van der Waals surface area contributed by atoms with E-state index in [0.717, 1.165) is 43.8 Å². The van der Waals surface area contributed by atoms with Crippen molar-refractivity contribution in [2.24, 2.45) is 4.99 Å². The maximum absolute atomic E-state index is 13.5. The second kappa shape index (κ2) is 10.6. The summed E-state index contributed by atoms with van der Waals surface area (Å²) in [6.45, 7) is 4.81. The highest BCUT2D eigenvalue weighted by Gasteiger charge is 2.26. The Balaban J connectivity index is 2.01. The van der Waals surface area contributed by atoms with Crippen molar-refractivity contribution in [3.05, 3.63) is 35.1 Å². The van der Waals surface area contributed by atoms with Crippen molar-refractivity contribution in [3.8, 4) is 0 Å². The zero-order chi connectivity index (χ0) is 18.9. The largest absolute Gasteiger partial charge is 0.392 e. The number of guanidine groups is 1. The van der Waals surface area contributed by atoms with E-state index in [1.165, 1.54) is 6.07 Å². The number of nitrogens with one attached hydrogen (secondary N) is 2. The van der Waals surface area contributed by atoms with E-state index in [4.69, 9.17) is 0 Å². The lowest BCUT2D eigenvalue weighted by molar-refractivity contribution is 0.275. The van der Waals surface area contributed by atoms with Crippen LogP contribution in [0.1, 0.15) is 50.7 Å². The molecule has 1 aliphatic carbocycles. The topological polar surface area (TPSA) is 73.7 Å². The van der Waals surface area contributed by atoms with Crippen LogP contribution in [0.25, 0.3) is 0 Å². The fourth-order valence-corrected chi connectivity index (χ4v) is 4.63. The highest BCUT2D eigenvalue weighted by Crippen LogP contribution is 2.23. The maximum atomic E-state index is 13.5. The summed E-state index contributed by atoms with van der Waals surface area (Å²) >= 11 is 0. The molecule has 1 aromatic rings. The molecule has 3 N–H and O–H groups in total. The van der Waals surface area contributed by atoms with Crippen LogP contribution in [-0.2, 0) is 24.0 Å². The smallest absolute Gasteiger partial charge is 0.191 e. The third-order valence-electron chi connectivity index (χ3n) is 4.67. The van der Waals surface area contributed by atoms with Crippen LogP contribution in [0.5, 0.6) is 0 Å². The van der Waals surface area contributed by atoms with Gasteiger partial charge in [-0.3, -0.25) is 4.21 Å². The predicted octanol–water partition coefficient (Wildman–Crippen LogP) is 2.45. The predicted molar refractivity (Wildman–Crippen MR) is 105 cm³/mol. The first kappa shape index (κ1) is 20.8. The van der Waals surface area contributed by atoms with Crippen molar-refractivity contribution in [1.29, 1.82) is 0 Å². The molecule has 0 aromatic heterocycles. The SMILES string of the molecule is CCNC(=NCc1ccc(F)c(CO)c1)NC1CCCC(S(=O)CC)C1. The van der Waals surface area contributed by atoms with Gasteiger partial charge in [0.1, 0.15) is 5.82 Å². The van der Waals surface area contributed by atoms with Gasteiger partial charge in [0.15, 0.2) is 5.96 Å². The van der Waals surface area contributed by atoms with E-state index in [2.05, 4.69) is 15.6 Å². The van der Waals surface area contributed by atoms with Gasteiger partial charge in [0.05, 0.1) is 13.2 Å². The van der Waals surface area contributed by atoms with Crippen LogP contribution < -0.4 is 10.6 Å². The number of aliphatic hydroxyl groups excluding tert-OH is 1. The summed E-state index contributed by atoms with van der Waals surface area (Å²) in [6, 6.07) is 4.96. The number of nitrogens with zero attached hydrogens (tertiary/aromatic N) is 1. The molecule has 0 aliphatic heterocycles. The molecule has 0 saturated heterocycles. The molecule has 3 atom stereocenters. The molecule has 26 heavy (non-hydrogen) atoms. The van der Waals surface area contributed by atoms with Crippen molar-refractivity contribution < 1.29 is 13.7 Å². The lowest BCUT2D eigenvalue weighted by atomic mass is 9.95. The van der Waals surface area contributed by atoms with E-state index in [-0.39, 0.29) is 23.5 Å². The first-order valence-corrected chi connectivity index (χ1v) is 10.8.